The lowest BCUT2D eigenvalue weighted by Gasteiger charge is -2.18. The molecule has 0 spiro atoms. The van der Waals surface area contributed by atoms with Crippen molar-refractivity contribution in [2.75, 3.05) is 0 Å². The maximum absolute atomic E-state index is 13.5. The molecule has 0 atom stereocenters. The lowest BCUT2D eigenvalue weighted by molar-refractivity contribution is 0.554. The van der Waals surface area contributed by atoms with Crippen molar-refractivity contribution in [2.24, 2.45) is 12.8 Å². The number of aromatic nitrogens is 2. The zero-order valence-corrected chi connectivity index (χ0v) is 11.9. The molecule has 2 N–H and O–H groups in total. The first-order valence-electron chi connectivity index (χ1n) is 6.36. The highest BCUT2D eigenvalue weighted by atomic mass is 19.1. The summed E-state index contributed by atoms with van der Waals surface area (Å²) in [7, 11) is 1.88. The Labute approximate surface area is 113 Å². The Morgan fingerprint density at radius 2 is 1.95 bits per heavy atom. The summed E-state index contributed by atoms with van der Waals surface area (Å²) < 4.78 is 15.3. The smallest absolute Gasteiger partial charge is 0.123 e. The van der Waals surface area contributed by atoms with Gasteiger partial charge in [0.25, 0.3) is 0 Å². The van der Waals surface area contributed by atoms with Crippen LogP contribution < -0.4 is 5.73 Å². The van der Waals surface area contributed by atoms with Gasteiger partial charge < -0.3 is 5.73 Å². The summed E-state index contributed by atoms with van der Waals surface area (Å²) in [5.74, 6) is -0.254. The number of rotatable bonds is 2. The fraction of sp³-hybridized carbons (Fsp3) is 0.400. The monoisotopic (exact) mass is 261 g/mol. The maximum atomic E-state index is 13.5. The summed E-state index contributed by atoms with van der Waals surface area (Å²) in [4.78, 5) is 0. The van der Waals surface area contributed by atoms with Crippen LogP contribution in [0.4, 0.5) is 4.39 Å². The van der Waals surface area contributed by atoms with Crippen molar-refractivity contribution < 1.29 is 4.39 Å². The number of benzene rings is 1. The van der Waals surface area contributed by atoms with Crippen molar-refractivity contribution in [1.29, 1.82) is 0 Å². The normalized spacial score (nSPS) is 11.9. The zero-order chi connectivity index (χ0) is 14.2. The van der Waals surface area contributed by atoms with E-state index in [9.17, 15) is 4.39 Å². The van der Waals surface area contributed by atoms with Crippen molar-refractivity contribution in [3.8, 4) is 11.1 Å². The molecule has 0 fully saturated rings. The molecule has 0 bridgehead atoms. The average molecular weight is 261 g/mol. The van der Waals surface area contributed by atoms with Crippen molar-refractivity contribution in [1.82, 2.24) is 9.78 Å². The van der Waals surface area contributed by atoms with E-state index >= 15 is 0 Å². The molecule has 19 heavy (non-hydrogen) atoms. The molecule has 0 unspecified atom stereocenters. The van der Waals surface area contributed by atoms with Crippen molar-refractivity contribution >= 4 is 0 Å². The summed E-state index contributed by atoms with van der Waals surface area (Å²) in [6.07, 6.45) is 1.93. The van der Waals surface area contributed by atoms with Crippen LogP contribution in [0.5, 0.6) is 0 Å². The Balaban J connectivity index is 2.68. The minimum Gasteiger partial charge on any atom is -0.326 e. The Morgan fingerprint density at radius 1 is 1.26 bits per heavy atom. The van der Waals surface area contributed by atoms with E-state index in [-0.39, 0.29) is 11.2 Å². The molecule has 0 saturated carbocycles. The Hall–Kier alpha value is -1.68. The van der Waals surface area contributed by atoms with Crippen LogP contribution in [0.25, 0.3) is 11.1 Å². The van der Waals surface area contributed by atoms with Gasteiger partial charge in [-0.05, 0) is 23.3 Å². The van der Waals surface area contributed by atoms with E-state index in [0.717, 1.165) is 22.4 Å². The quantitative estimate of drug-likeness (QED) is 0.903. The molecule has 1 aromatic heterocycles. The first kappa shape index (κ1) is 13.7. The predicted molar refractivity (Wildman–Crippen MR) is 75.2 cm³/mol. The SMILES string of the molecule is Cn1cc(-c2cc(F)ccc2CN)c(C(C)(C)C)n1. The van der Waals surface area contributed by atoms with Crippen LogP contribution in [0, 0.1) is 5.82 Å². The topological polar surface area (TPSA) is 43.8 Å². The summed E-state index contributed by atoms with van der Waals surface area (Å²) in [5.41, 5.74) is 9.32. The lowest BCUT2D eigenvalue weighted by atomic mass is 9.86. The molecule has 0 amide bonds. The van der Waals surface area contributed by atoms with Gasteiger partial charge in [-0.15, -0.1) is 0 Å². The van der Waals surface area contributed by atoms with E-state index in [4.69, 9.17) is 5.73 Å². The molecule has 2 rings (SSSR count). The molecule has 2 aromatic rings. The molecule has 0 radical (unpaired) electrons. The van der Waals surface area contributed by atoms with Crippen LogP contribution in [0.1, 0.15) is 32.0 Å². The molecule has 0 saturated heterocycles. The summed E-state index contributed by atoms with van der Waals surface area (Å²) in [6, 6.07) is 4.72. The molecule has 3 nitrogen and oxygen atoms in total. The van der Waals surface area contributed by atoms with E-state index in [1.807, 2.05) is 13.2 Å². The highest BCUT2D eigenvalue weighted by Gasteiger charge is 2.24. The van der Waals surface area contributed by atoms with E-state index < -0.39 is 0 Å². The summed E-state index contributed by atoms with van der Waals surface area (Å²) in [5, 5.41) is 4.52. The maximum Gasteiger partial charge on any atom is 0.123 e. The van der Waals surface area contributed by atoms with Crippen LogP contribution in [-0.2, 0) is 19.0 Å². The molecular formula is C15H20FN3. The number of hydrogen-bond acceptors (Lipinski definition) is 2. The third-order valence-corrected chi connectivity index (χ3v) is 3.12. The largest absolute Gasteiger partial charge is 0.326 e. The van der Waals surface area contributed by atoms with Crippen molar-refractivity contribution in [3.05, 3.63) is 41.5 Å². The molecule has 0 aliphatic carbocycles. The van der Waals surface area contributed by atoms with Crippen LogP contribution in [-0.4, -0.2) is 9.78 Å². The first-order chi connectivity index (χ1) is 8.82. The molecule has 4 heteroatoms. The van der Waals surface area contributed by atoms with E-state index in [1.165, 1.54) is 12.1 Å². The van der Waals surface area contributed by atoms with E-state index in [1.54, 1.807) is 10.7 Å². The van der Waals surface area contributed by atoms with Gasteiger partial charge in [-0.1, -0.05) is 26.8 Å². The van der Waals surface area contributed by atoms with Gasteiger partial charge in [0.15, 0.2) is 0 Å². The fourth-order valence-corrected chi connectivity index (χ4v) is 2.22. The minimum atomic E-state index is -0.254. The first-order valence-corrected chi connectivity index (χ1v) is 6.36. The molecule has 0 aliphatic rings. The van der Waals surface area contributed by atoms with Gasteiger partial charge in [0.2, 0.25) is 0 Å². The number of hydrogen-bond donors (Lipinski definition) is 1. The van der Waals surface area contributed by atoms with Gasteiger partial charge in [-0.3, -0.25) is 4.68 Å². The van der Waals surface area contributed by atoms with Crippen LogP contribution in [0.2, 0.25) is 0 Å². The minimum absolute atomic E-state index is 0.102. The number of nitrogens with zero attached hydrogens (tertiary/aromatic N) is 2. The Morgan fingerprint density at radius 3 is 2.53 bits per heavy atom. The molecule has 1 aromatic carbocycles. The van der Waals surface area contributed by atoms with Crippen LogP contribution in [0.3, 0.4) is 0 Å². The highest BCUT2D eigenvalue weighted by Crippen LogP contribution is 2.33. The second-order valence-electron chi connectivity index (χ2n) is 5.82. The van der Waals surface area contributed by atoms with Gasteiger partial charge in [0, 0.05) is 30.8 Å². The number of aryl methyl sites for hydroxylation is 1. The Bertz CT molecular complexity index is 594. The Kier molecular flexibility index (Phi) is 3.45. The van der Waals surface area contributed by atoms with Gasteiger partial charge in [-0.25, -0.2) is 4.39 Å². The van der Waals surface area contributed by atoms with Crippen molar-refractivity contribution in [3.63, 3.8) is 0 Å². The molecule has 0 aliphatic heterocycles. The lowest BCUT2D eigenvalue weighted by Crippen LogP contribution is -2.14. The highest BCUT2D eigenvalue weighted by molar-refractivity contribution is 5.70. The molecule has 102 valence electrons. The molecular weight excluding hydrogens is 241 g/mol. The molecule has 1 heterocycles. The van der Waals surface area contributed by atoms with Crippen molar-refractivity contribution in [2.45, 2.75) is 32.7 Å². The average Bonchev–Trinajstić information content (AvgIpc) is 2.71. The van der Waals surface area contributed by atoms with Crippen LogP contribution in [0.15, 0.2) is 24.4 Å². The third-order valence-electron chi connectivity index (χ3n) is 3.12. The standard InChI is InChI=1S/C15H20FN3/c1-15(2,3)14-13(9-19(4)18-14)12-7-11(16)6-5-10(12)8-17/h5-7,9H,8,17H2,1-4H3. The third kappa shape index (κ3) is 2.68. The summed E-state index contributed by atoms with van der Waals surface area (Å²) >= 11 is 0. The second-order valence-corrected chi connectivity index (χ2v) is 5.82. The number of nitrogens with two attached hydrogens (primary N) is 1. The van der Waals surface area contributed by atoms with Gasteiger partial charge in [-0.2, -0.15) is 5.10 Å². The zero-order valence-electron chi connectivity index (χ0n) is 11.9. The number of halogens is 1. The van der Waals surface area contributed by atoms with Crippen LogP contribution >= 0.6 is 0 Å². The second kappa shape index (κ2) is 4.78. The predicted octanol–water partition coefficient (Wildman–Crippen LogP) is 2.98. The van der Waals surface area contributed by atoms with E-state index in [0.29, 0.717) is 6.54 Å². The van der Waals surface area contributed by atoms with E-state index in [2.05, 4.69) is 25.9 Å². The fourth-order valence-electron chi connectivity index (χ4n) is 2.22. The summed E-state index contributed by atoms with van der Waals surface area (Å²) in [6.45, 7) is 6.68. The van der Waals surface area contributed by atoms with Gasteiger partial charge in [0.1, 0.15) is 5.82 Å². The van der Waals surface area contributed by atoms with Gasteiger partial charge in [0.05, 0.1) is 5.69 Å². The van der Waals surface area contributed by atoms with Gasteiger partial charge >= 0.3 is 0 Å².